The number of hydrogen-bond acceptors (Lipinski definition) is 6. The molecule has 1 aromatic heterocycles. The highest BCUT2D eigenvalue weighted by atomic mass is 16.2. The number of carbonyl (C=O) groups excluding carboxylic acids is 1. The molecule has 2 aromatic rings. The van der Waals surface area contributed by atoms with Crippen molar-refractivity contribution in [1.82, 2.24) is 14.9 Å². The Bertz CT molecular complexity index is 783. The van der Waals surface area contributed by atoms with Gasteiger partial charge in [-0.15, -0.1) is 0 Å². The van der Waals surface area contributed by atoms with Crippen LogP contribution in [0, 0.1) is 12.8 Å². The van der Waals surface area contributed by atoms with Crippen molar-refractivity contribution in [3.8, 4) is 0 Å². The zero-order valence-corrected chi connectivity index (χ0v) is 15.7. The number of nitrogens with two attached hydrogens (primary N) is 1. The summed E-state index contributed by atoms with van der Waals surface area (Å²) in [6.07, 6.45) is 0.636. The molecule has 27 heavy (non-hydrogen) atoms. The van der Waals surface area contributed by atoms with Crippen LogP contribution in [0.1, 0.15) is 12.1 Å². The number of nitrogens with zero attached hydrogens (tertiary/aromatic N) is 5. The van der Waals surface area contributed by atoms with E-state index in [9.17, 15) is 4.79 Å². The van der Waals surface area contributed by atoms with Gasteiger partial charge in [-0.25, -0.2) is 4.98 Å². The van der Waals surface area contributed by atoms with Gasteiger partial charge in [0.05, 0.1) is 0 Å². The number of aryl methyl sites for hydroxylation is 1. The van der Waals surface area contributed by atoms with Gasteiger partial charge in [-0.3, -0.25) is 9.69 Å². The summed E-state index contributed by atoms with van der Waals surface area (Å²) in [6, 6.07) is 11.9. The standard InChI is InChI=1S/C20H26N6O/c1-15-11-18(23-20(21)22-15)25-9-7-24(8-10-25)13-16-12-19(27)26(14-16)17-5-3-2-4-6-17/h2-6,11,16H,7-10,12-14H2,1H3,(H2,21,22,23). The third kappa shape index (κ3) is 4.03. The van der Waals surface area contributed by atoms with Crippen LogP contribution in [0.4, 0.5) is 17.5 Å². The van der Waals surface area contributed by atoms with Gasteiger partial charge in [-0.2, -0.15) is 4.98 Å². The van der Waals surface area contributed by atoms with Crippen molar-refractivity contribution in [2.24, 2.45) is 5.92 Å². The van der Waals surface area contributed by atoms with Gasteiger partial charge >= 0.3 is 0 Å². The molecule has 2 aliphatic heterocycles. The maximum absolute atomic E-state index is 12.4. The Kier molecular flexibility index (Phi) is 4.94. The highest BCUT2D eigenvalue weighted by Crippen LogP contribution is 2.26. The van der Waals surface area contributed by atoms with Crippen LogP contribution in [0.25, 0.3) is 0 Å². The summed E-state index contributed by atoms with van der Waals surface area (Å²) in [4.78, 5) is 27.6. The summed E-state index contributed by atoms with van der Waals surface area (Å²) in [5.41, 5.74) is 7.68. The third-order valence-corrected chi connectivity index (χ3v) is 5.34. The molecule has 0 spiro atoms. The van der Waals surface area contributed by atoms with Gasteiger partial charge in [-0.1, -0.05) is 18.2 Å². The second-order valence-corrected chi connectivity index (χ2v) is 7.42. The van der Waals surface area contributed by atoms with E-state index in [2.05, 4.69) is 19.8 Å². The van der Waals surface area contributed by atoms with Crippen LogP contribution in [0.5, 0.6) is 0 Å². The number of para-hydroxylation sites is 1. The van der Waals surface area contributed by atoms with E-state index in [1.54, 1.807) is 0 Å². The van der Waals surface area contributed by atoms with E-state index >= 15 is 0 Å². The van der Waals surface area contributed by atoms with E-state index in [4.69, 9.17) is 5.73 Å². The van der Waals surface area contributed by atoms with Crippen LogP contribution in [-0.2, 0) is 4.79 Å². The average Bonchev–Trinajstić information content (AvgIpc) is 3.02. The monoisotopic (exact) mass is 366 g/mol. The van der Waals surface area contributed by atoms with Crippen molar-refractivity contribution in [3.05, 3.63) is 42.1 Å². The molecular weight excluding hydrogens is 340 g/mol. The number of carbonyl (C=O) groups is 1. The molecule has 0 radical (unpaired) electrons. The predicted octanol–water partition coefficient (Wildman–Crippen LogP) is 1.54. The molecule has 3 heterocycles. The smallest absolute Gasteiger partial charge is 0.227 e. The number of nitrogen functional groups attached to an aromatic ring is 1. The fraction of sp³-hybridized carbons (Fsp3) is 0.450. The molecule has 2 fully saturated rings. The number of rotatable bonds is 4. The molecule has 0 bridgehead atoms. The van der Waals surface area contributed by atoms with E-state index in [1.165, 1.54) is 0 Å². The van der Waals surface area contributed by atoms with Crippen LogP contribution in [-0.4, -0.2) is 60.0 Å². The van der Waals surface area contributed by atoms with Crippen molar-refractivity contribution in [2.45, 2.75) is 13.3 Å². The second-order valence-electron chi connectivity index (χ2n) is 7.42. The normalized spacial score (nSPS) is 21.1. The quantitative estimate of drug-likeness (QED) is 0.884. The lowest BCUT2D eigenvalue weighted by Crippen LogP contribution is -2.48. The minimum absolute atomic E-state index is 0.233. The fourth-order valence-corrected chi connectivity index (χ4v) is 4.02. The third-order valence-electron chi connectivity index (χ3n) is 5.34. The number of benzene rings is 1. The van der Waals surface area contributed by atoms with E-state index < -0.39 is 0 Å². The molecule has 1 amide bonds. The van der Waals surface area contributed by atoms with Gasteiger partial charge in [0, 0.05) is 63.1 Å². The topological polar surface area (TPSA) is 78.6 Å². The van der Waals surface area contributed by atoms with Crippen molar-refractivity contribution >= 4 is 23.4 Å². The van der Waals surface area contributed by atoms with Crippen LogP contribution in [0.2, 0.25) is 0 Å². The Balaban J connectivity index is 1.31. The number of amides is 1. The zero-order chi connectivity index (χ0) is 18.8. The minimum Gasteiger partial charge on any atom is -0.368 e. The largest absolute Gasteiger partial charge is 0.368 e. The van der Waals surface area contributed by atoms with Gasteiger partial charge in [0.2, 0.25) is 11.9 Å². The van der Waals surface area contributed by atoms with E-state index in [0.29, 0.717) is 18.3 Å². The molecule has 7 heteroatoms. The van der Waals surface area contributed by atoms with Gasteiger partial charge in [0.25, 0.3) is 0 Å². The Morgan fingerprint density at radius 3 is 2.56 bits per heavy atom. The lowest BCUT2D eigenvalue weighted by molar-refractivity contribution is -0.117. The molecule has 7 nitrogen and oxygen atoms in total. The summed E-state index contributed by atoms with van der Waals surface area (Å²) < 4.78 is 0. The van der Waals surface area contributed by atoms with E-state index in [1.807, 2.05) is 48.2 Å². The second kappa shape index (κ2) is 7.52. The lowest BCUT2D eigenvalue weighted by atomic mass is 10.1. The van der Waals surface area contributed by atoms with Crippen molar-refractivity contribution < 1.29 is 4.79 Å². The highest BCUT2D eigenvalue weighted by Gasteiger charge is 2.32. The Morgan fingerprint density at radius 1 is 1.11 bits per heavy atom. The summed E-state index contributed by atoms with van der Waals surface area (Å²) in [5.74, 6) is 1.86. The molecular formula is C20H26N6O. The van der Waals surface area contributed by atoms with Gasteiger partial charge < -0.3 is 15.5 Å². The molecule has 2 N–H and O–H groups in total. The maximum Gasteiger partial charge on any atom is 0.227 e. The SMILES string of the molecule is Cc1cc(N2CCN(CC3CC(=O)N(c4ccccc4)C3)CC2)nc(N)n1. The van der Waals surface area contributed by atoms with Crippen LogP contribution >= 0.6 is 0 Å². The summed E-state index contributed by atoms with van der Waals surface area (Å²) >= 11 is 0. The minimum atomic E-state index is 0.233. The number of anilines is 3. The molecule has 2 saturated heterocycles. The predicted molar refractivity (Wildman–Crippen MR) is 107 cm³/mol. The molecule has 1 unspecified atom stereocenters. The first-order chi connectivity index (χ1) is 13.1. The van der Waals surface area contributed by atoms with Crippen LogP contribution in [0.15, 0.2) is 36.4 Å². The van der Waals surface area contributed by atoms with Crippen LogP contribution in [0.3, 0.4) is 0 Å². The first kappa shape index (κ1) is 17.7. The van der Waals surface area contributed by atoms with Crippen molar-refractivity contribution in [2.75, 3.05) is 54.8 Å². The number of piperazine rings is 1. The molecule has 1 aromatic carbocycles. The van der Waals surface area contributed by atoms with Gasteiger partial charge in [-0.05, 0) is 25.0 Å². The fourth-order valence-electron chi connectivity index (χ4n) is 4.02. The van der Waals surface area contributed by atoms with Crippen molar-refractivity contribution in [3.63, 3.8) is 0 Å². The first-order valence-corrected chi connectivity index (χ1v) is 9.52. The first-order valence-electron chi connectivity index (χ1n) is 9.52. The lowest BCUT2D eigenvalue weighted by Gasteiger charge is -2.36. The maximum atomic E-state index is 12.4. The molecule has 1 atom stereocenters. The number of hydrogen-bond donors (Lipinski definition) is 1. The molecule has 0 saturated carbocycles. The Hall–Kier alpha value is -2.67. The molecule has 2 aliphatic rings. The van der Waals surface area contributed by atoms with Gasteiger partial charge in [0.1, 0.15) is 5.82 Å². The highest BCUT2D eigenvalue weighted by molar-refractivity contribution is 5.95. The van der Waals surface area contributed by atoms with E-state index in [0.717, 1.165) is 56.5 Å². The van der Waals surface area contributed by atoms with Gasteiger partial charge in [0.15, 0.2) is 0 Å². The van der Waals surface area contributed by atoms with Crippen molar-refractivity contribution in [1.29, 1.82) is 0 Å². The molecule has 0 aliphatic carbocycles. The Labute approximate surface area is 159 Å². The number of aromatic nitrogens is 2. The average molecular weight is 366 g/mol. The summed E-state index contributed by atoms with van der Waals surface area (Å²) in [7, 11) is 0. The van der Waals surface area contributed by atoms with E-state index in [-0.39, 0.29) is 5.91 Å². The molecule has 4 rings (SSSR count). The summed E-state index contributed by atoms with van der Waals surface area (Å²) in [5, 5.41) is 0. The van der Waals surface area contributed by atoms with Crippen LogP contribution < -0.4 is 15.5 Å². The Morgan fingerprint density at radius 2 is 1.85 bits per heavy atom. The zero-order valence-electron chi connectivity index (χ0n) is 15.7. The molecule has 142 valence electrons. The summed E-state index contributed by atoms with van der Waals surface area (Å²) in [6.45, 7) is 7.49.